The van der Waals surface area contributed by atoms with Gasteiger partial charge in [-0.1, -0.05) is 12.1 Å². The third-order valence-corrected chi connectivity index (χ3v) is 3.56. The number of hydrazone groups is 1. The minimum absolute atomic E-state index is 0.0826. The van der Waals surface area contributed by atoms with Gasteiger partial charge < -0.3 is 9.15 Å². The van der Waals surface area contributed by atoms with Gasteiger partial charge in [0.05, 0.1) is 9.78 Å². The van der Waals surface area contributed by atoms with Crippen LogP contribution in [0.1, 0.15) is 17.1 Å². The molecule has 110 valence electrons. The van der Waals surface area contributed by atoms with Gasteiger partial charge in [-0.15, -0.1) is 0 Å². The molecule has 1 aromatic carbocycles. The summed E-state index contributed by atoms with van der Waals surface area (Å²) in [5, 5.41) is 3.88. The Balaban J connectivity index is 1.83. The van der Waals surface area contributed by atoms with Gasteiger partial charge in [0.2, 0.25) is 0 Å². The van der Waals surface area contributed by atoms with Crippen LogP contribution in [0.4, 0.5) is 0 Å². The fraction of sp³-hybridized carbons (Fsp3) is 0.200. The topological polar surface area (TPSA) is 63.8 Å². The number of nitrogens with zero attached hydrogens (tertiary/aromatic N) is 1. The lowest BCUT2D eigenvalue weighted by molar-refractivity contribution is -0.123. The van der Waals surface area contributed by atoms with Crippen molar-refractivity contribution >= 4 is 34.7 Å². The first kappa shape index (κ1) is 15.6. The number of nitrogens with one attached hydrogen (secondary N) is 1. The van der Waals surface area contributed by atoms with Gasteiger partial charge >= 0.3 is 0 Å². The molecule has 0 saturated carbocycles. The van der Waals surface area contributed by atoms with Crippen molar-refractivity contribution in [3.8, 4) is 5.75 Å². The number of rotatable bonds is 5. The fourth-order valence-corrected chi connectivity index (χ4v) is 2.23. The third kappa shape index (κ3) is 4.59. The van der Waals surface area contributed by atoms with E-state index in [2.05, 4.69) is 33.1 Å². The van der Waals surface area contributed by atoms with Crippen molar-refractivity contribution in [1.82, 2.24) is 5.43 Å². The molecule has 2 rings (SSSR count). The standard InChI is InChI=1S/C15H15IN2O3/c1-10-7-12(11(2)21-10)8-17-18-15(19)9-20-14-6-4-3-5-13(14)16/h3-8H,9H2,1-2H3,(H,18,19)/b17-8-. The minimum atomic E-state index is -0.316. The van der Waals surface area contributed by atoms with E-state index < -0.39 is 0 Å². The predicted molar refractivity (Wildman–Crippen MR) is 88.6 cm³/mol. The second-order valence-corrected chi connectivity index (χ2v) is 5.54. The molecule has 21 heavy (non-hydrogen) atoms. The smallest absolute Gasteiger partial charge is 0.277 e. The molecule has 0 radical (unpaired) electrons. The van der Waals surface area contributed by atoms with E-state index in [1.807, 2.05) is 44.2 Å². The second-order valence-electron chi connectivity index (χ2n) is 4.38. The molecule has 1 amide bonds. The van der Waals surface area contributed by atoms with E-state index in [-0.39, 0.29) is 12.5 Å². The lowest BCUT2D eigenvalue weighted by Gasteiger charge is -2.06. The molecular weight excluding hydrogens is 383 g/mol. The van der Waals surface area contributed by atoms with Crippen molar-refractivity contribution < 1.29 is 13.9 Å². The predicted octanol–water partition coefficient (Wildman–Crippen LogP) is 3.03. The van der Waals surface area contributed by atoms with E-state index in [0.29, 0.717) is 5.75 Å². The molecule has 1 aromatic heterocycles. The van der Waals surface area contributed by atoms with Gasteiger partial charge in [-0.25, -0.2) is 5.43 Å². The average molecular weight is 398 g/mol. The number of hydrogen-bond donors (Lipinski definition) is 1. The van der Waals surface area contributed by atoms with Gasteiger partial charge in [0.15, 0.2) is 6.61 Å². The zero-order valence-corrected chi connectivity index (χ0v) is 13.9. The van der Waals surface area contributed by atoms with Crippen LogP contribution in [0.25, 0.3) is 0 Å². The molecular formula is C15H15IN2O3. The number of hydrogen-bond acceptors (Lipinski definition) is 4. The van der Waals surface area contributed by atoms with E-state index in [9.17, 15) is 4.79 Å². The Bertz CT molecular complexity index is 665. The number of aryl methyl sites for hydroxylation is 2. The molecule has 0 unspecified atom stereocenters. The highest BCUT2D eigenvalue weighted by atomic mass is 127. The first-order valence-electron chi connectivity index (χ1n) is 6.32. The average Bonchev–Trinajstić information content (AvgIpc) is 2.76. The molecule has 0 aliphatic carbocycles. The molecule has 0 saturated heterocycles. The summed E-state index contributed by atoms with van der Waals surface area (Å²) in [7, 11) is 0. The Hall–Kier alpha value is -1.83. The highest BCUT2D eigenvalue weighted by molar-refractivity contribution is 14.1. The van der Waals surface area contributed by atoms with Gasteiger partial charge in [0.25, 0.3) is 5.91 Å². The van der Waals surface area contributed by atoms with Gasteiger partial charge in [-0.2, -0.15) is 5.10 Å². The maximum atomic E-state index is 11.6. The molecule has 6 heteroatoms. The van der Waals surface area contributed by atoms with Gasteiger partial charge in [0.1, 0.15) is 17.3 Å². The van der Waals surface area contributed by atoms with Crippen LogP contribution < -0.4 is 10.2 Å². The lowest BCUT2D eigenvalue weighted by atomic mass is 10.3. The highest BCUT2D eigenvalue weighted by Crippen LogP contribution is 2.19. The summed E-state index contributed by atoms with van der Waals surface area (Å²) in [6.45, 7) is 3.62. The number of carbonyl (C=O) groups is 1. The molecule has 0 atom stereocenters. The summed E-state index contributed by atoms with van der Waals surface area (Å²) in [6.07, 6.45) is 1.55. The van der Waals surface area contributed by atoms with E-state index in [0.717, 1.165) is 20.7 Å². The Morgan fingerprint density at radius 1 is 1.43 bits per heavy atom. The van der Waals surface area contributed by atoms with Crippen LogP contribution >= 0.6 is 22.6 Å². The number of carbonyl (C=O) groups excluding carboxylic acids is 1. The maximum absolute atomic E-state index is 11.6. The molecule has 0 fully saturated rings. The summed E-state index contributed by atoms with van der Waals surface area (Å²) in [6, 6.07) is 9.35. The first-order valence-corrected chi connectivity index (χ1v) is 7.40. The Morgan fingerprint density at radius 2 is 2.19 bits per heavy atom. The number of ether oxygens (including phenoxy) is 1. The largest absolute Gasteiger partial charge is 0.483 e. The number of benzene rings is 1. The molecule has 1 heterocycles. The number of furan rings is 1. The Kier molecular flexibility index (Phi) is 5.38. The van der Waals surface area contributed by atoms with Crippen LogP contribution in [0.15, 0.2) is 39.9 Å². The van der Waals surface area contributed by atoms with E-state index in [1.165, 1.54) is 0 Å². The van der Waals surface area contributed by atoms with Gasteiger partial charge in [-0.05, 0) is 54.6 Å². The minimum Gasteiger partial charge on any atom is -0.483 e. The van der Waals surface area contributed by atoms with Crippen molar-refractivity contribution in [3.05, 3.63) is 51.0 Å². The van der Waals surface area contributed by atoms with Crippen molar-refractivity contribution in [2.24, 2.45) is 5.10 Å². The van der Waals surface area contributed by atoms with E-state index >= 15 is 0 Å². The normalized spacial score (nSPS) is 10.8. The van der Waals surface area contributed by atoms with E-state index in [4.69, 9.17) is 9.15 Å². The van der Waals surface area contributed by atoms with Crippen molar-refractivity contribution in [2.75, 3.05) is 6.61 Å². The molecule has 2 aromatic rings. The molecule has 0 aliphatic rings. The quantitative estimate of drug-likeness (QED) is 0.479. The molecule has 0 aliphatic heterocycles. The Morgan fingerprint density at radius 3 is 2.86 bits per heavy atom. The molecule has 5 nitrogen and oxygen atoms in total. The van der Waals surface area contributed by atoms with Crippen LogP contribution in [-0.4, -0.2) is 18.7 Å². The summed E-state index contributed by atoms with van der Waals surface area (Å²) >= 11 is 2.15. The monoisotopic (exact) mass is 398 g/mol. The maximum Gasteiger partial charge on any atom is 0.277 e. The zero-order valence-electron chi connectivity index (χ0n) is 11.7. The first-order chi connectivity index (χ1) is 10.1. The number of para-hydroxylation sites is 1. The van der Waals surface area contributed by atoms with Gasteiger partial charge in [0, 0.05) is 5.56 Å². The summed E-state index contributed by atoms with van der Waals surface area (Å²) in [5.41, 5.74) is 3.26. The van der Waals surface area contributed by atoms with Crippen LogP contribution in [0.5, 0.6) is 5.75 Å². The van der Waals surface area contributed by atoms with Crippen LogP contribution in [0.2, 0.25) is 0 Å². The zero-order chi connectivity index (χ0) is 15.2. The second kappa shape index (κ2) is 7.26. The highest BCUT2D eigenvalue weighted by Gasteiger charge is 2.05. The van der Waals surface area contributed by atoms with Crippen LogP contribution in [0.3, 0.4) is 0 Å². The van der Waals surface area contributed by atoms with Crippen LogP contribution in [-0.2, 0) is 4.79 Å². The van der Waals surface area contributed by atoms with Crippen molar-refractivity contribution in [1.29, 1.82) is 0 Å². The molecule has 1 N–H and O–H groups in total. The SMILES string of the molecule is Cc1cc(/C=N\NC(=O)COc2ccccc2I)c(C)o1. The Labute approximate surface area is 136 Å². The fourth-order valence-electron chi connectivity index (χ4n) is 1.69. The summed E-state index contributed by atoms with van der Waals surface area (Å²) < 4.78 is 11.7. The number of halogens is 1. The van der Waals surface area contributed by atoms with E-state index in [1.54, 1.807) is 6.21 Å². The van der Waals surface area contributed by atoms with Crippen molar-refractivity contribution in [2.45, 2.75) is 13.8 Å². The molecule has 0 bridgehead atoms. The summed E-state index contributed by atoms with van der Waals surface area (Å²) in [5.74, 6) is 1.94. The van der Waals surface area contributed by atoms with Crippen molar-refractivity contribution in [3.63, 3.8) is 0 Å². The molecule has 0 spiro atoms. The van der Waals surface area contributed by atoms with Gasteiger partial charge in [-0.3, -0.25) is 4.79 Å². The third-order valence-electron chi connectivity index (χ3n) is 2.67. The van der Waals surface area contributed by atoms with Crippen LogP contribution in [0, 0.1) is 17.4 Å². The number of amides is 1. The lowest BCUT2D eigenvalue weighted by Crippen LogP contribution is -2.24. The summed E-state index contributed by atoms with van der Waals surface area (Å²) in [4.78, 5) is 11.6.